The van der Waals surface area contributed by atoms with Crippen LogP contribution in [0.5, 0.6) is 0 Å². The fraction of sp³-hybridized carbons (Fsp3) is 0.435. The van der Waals surface area contributed by atoms with Gasteiger partial charge in [-0.2, -0.15) is 10.5 Å². The summed E-state index contributed by atoms with van der Waals surface area (Å²) in [5.74, 6) is -1.09. The number of carboxylic acids is 1. The van der Waals surface area contributed by atoms with Crippen LogP contribution in [0, 0.1) is 22.7 Å². The van der Waals surface area contributed by atoms with Crippen LogP contribution in [0.4, 0.5) is 19.6 Å². The van der Waals surface area contributed by atoms with Crippen molar-refractivity contribution in [2.75, 3.05) is 23.6 Å². The van der Waals surface area contributed by atoms with E-state index in [9.17, 15) is 38.1 Å². The van der Waals surface area contributed by atoms with Crippen LogP contribution in [0.2, 0.25) is 0 Å². The SMILES string of the molecule is CC1Cc2sc(N)c(C#N)c2CN1C(=O)OC(C)(C)C.CC1Cc2sc(NC(=O)Cc3ccc(S(C)=O)cc3)c(C#N)c2CN1C(=O)OC(C)(C)C.CS(=O)c1ccc(CC(=O)O)cc1. The van der Waals surface area contributed by atoms with Crippen molar-refractivity contribution in [3.8, 4) is 12.1 Å². The first-order valence-electron chi connectivity index (χ1n) is 20.5. The van der Waals surface area contributed by atoms with Crippen LogP contribution in [0.15, 0.2) is 58.3 Å². The molecule has 2 aliphatic rings. The number of nitrogens with one attached hydrogen (secondary N) is 1. The minimum Gasteiger partial charge on any atom is -0.481 e. The van der Waals surface area contributed by atoms with Crippen LogP contribution in [-0.2, 0) is 79.4 Å². The number of hydrogen-bond donors (Lipinski definition) is 3. The van der Waals surface area contributed by atoms with Crippen molar-refractivity contribution in [3.05, 3.63) is 91.7 Å². The van der Waals surface area contributed by atoms with Crippen LogP contribution in [0.3, 0.4) is 0 Å². The van der Waals surface area contributed by atoms with Crippen molar-refractivity contribution in [3.63, 3.8) is 0 Å². The number of carbonyl (C=O) groups is 4. The number of nitrogens with two attached hydrogens (primary N) is 1. The summed E-state index contributed by atoms with van der Waals surface area (Å²) < 4.78 is 33.4. The number of nitriles is 2. The number of nitrogen functional groups attached to an aromatic ring is 1. The van der Waals surface area contributed by atoms with E-state index in [0.717, 1.165) is 32.0 Å². The zero-order valence-corrected chi connectivity index (χ0v) is 41.5. The standard InChI is InChI=1S/C23H27N3O4S2.C14H19N3O2S.C9H10O3S/c1-14-10-19-18(13-26(14)22(28)30-23(2,3)4)17(12-24)21(31-19)25-20(27)11-15-6-8-16(9-7-15)32(5)29;1-8-5-11-10(9(6-15)12(16)20-11)7-17(8)13(18)19-14(2,3)4;1-13(12)8-4-2-7(3-5-8)6-9(10)11/h6-9,14H,10-11,13H2,1-5H3,(H,25,27);8H,5,7,16H2,1-4H3;2-5H,6H2,1H3,(H,10,11). The lowest BCUT2D eigenvalue weighted by molar-refractivity contribution is -0.136. The van der Waals surface area contributed by atoms with Crippen molar-refractivity contribution in [1.82, 2.24) is 9.80 Å². The van der Waals surface area contributed by atoms with Gasteiger partial charge in [0.2, 0.25) is 5.91 Å². The van der Waals surface area contributed by atoms with Gasteiger partial charge in [0.25, 0.3) is 0 Å². The Kier molecular flexibility index (Phi) is 17.7. The van der Waals surface area contributed by atoms with Gasteiger partial charge in [0, 0.05) is 89.7 Å². The van der Waals surface area contributed by atoms with E-state index in [2.05, 4.69) is 17.5 Å². The normalized spacial score (nSPS) is 16.3. The molecule has 2 aromatic heterocycles. The number of ether oxygens (including phenoxy) is 2. The summed E-state index contributed by atoms with van der Waals surface area (Å²) in [6.07, 6.45) is 3.91. The molecule has 4 unspecified atom stereocenters. The van der Waals surface area contributed by atoms with E-state index in [4.69, 9.17) is 20.3 Å². The van der Waals surface area contributed by atoms with Crippen molar-refractivity contribution in [2.45, 2.75) is 127 Å². The molecule has 4 N–H and O–H groups in total. The molecule has 6 rings (SSSR count). The molecule has 4 atom stereocenters. The van der Waals surface area contributed by atoms with Crippen molar-refractivity contribution < 1.29 is 42.2 Å². The van der Waals surface area contributed by atoms with Crippen molar-refractivity contribution in [1.29, 1.82) is 10.5 Å². The van der Waals surface area contributed by atoms with Crippen molar-refractivity contribution in [2.24, 2.45) is 0 Å². The van der Waals surface area contributed by atoms with Gasteiger partial charge in [-0.05, 0) is 90.8 Å². The first-order valence-corrected chi connectivity index (χ1v) is 25.3. The number of carboxylic acid groups (broad SMARTS) is 1. The second kappa shape index (κ2) is 22.1. The molecule has 4 heterocycles. The molecular weight excluding hydrogens is 909 g/mol. The molecule has 65 heavy (non-hydrogen) atoms. The summed E-state index contributed by atoms with van der Waals surface area (Å²) in [5.41, 5.74) is 8.80. The molecule has 0 radical (unpaired) electrons. The Bertz CT molecular complexity index is 2520. The quantitative estimate of drug-likeness (QED) is 0.159. The van der Waals surface area contributed by atoms with Crippen LogP contribution in [-0.4, -0.2) is 83.2 Å². The molecule has 2 aromatic carbocycles. The third-order valence-electron chi connectivity index (χ3n) is 9.85. The molecule has 0 fully saturated rings. The second-order valence-electron chi connectivity index (χ2n) is 17.5. The minimum atomic E-state index is -1.07. The lowest BCUT2D eigenvalue weighted by Gasteiger charge is -2.34. The zero-order chi connectivity index (χ0) is 48.6. The number of hydrogen-bond acceptors (Lipinski definition) is 13. The predicted molar refractivity (Wildman–Crippen MR) is 254 cm³/mol. The predicted octanol–water partition coefficient (Wildman–Crippen LogP) is 8.15. The lowest BCUT2D eigenvalue weighted by Crippen LogP contribution is -2.44. The highest BCUT2D eigenvalue weighted by Gasteiger charge is 2.35. The summed E-state index contributed by atoms with van der Waals surface area (Å²) in [7, 11) is -2.07. The Morgan fingerprint density at radius 3 is 1.52 bits per heavy atom. The number of rotatable bonds is 7. The molecule has 0 saturated carbocycles. The Morgan fingerprint density at radius 1 is 0.738 bits per heavy atom. The lowest BCUT2D eigenvalue weighted by atomic mass is 10.0. The summed E-state index contributed by atoms with van der Waals surface area (Å²) in [5, 5.41) is 31.3. The van der Waals surface area contributed by atoms with E-state index in [1.807, 2.05) is 55.4 Å². The van der Waals surface area contributed by atoms with Gasteiger partial charge in [0.05, 0.1) is 37.1 Å². The zero-order valence-electron chi connectivity index (χ0n) is 38.2. The molecule has 0 spiro atoms. The largest absolute Gasteiger partial charge is 0.481 e. The maximum Gasteiger partial charge on any atom is 0.410 e. The maximum absolute atomic E-state index is 12.6. The average molecular weight is 965 g/mol. The van der Waals surface area contributed by atoms with Gasteiger partial charge >= 0.3 is 18.2 Å². The fourth-order valence-electron chi connectivity index (χ4n) is 6.71. The Morgan fingerprint density at radius 2 is 1.14 bits per heavy atom. The van der Waals surface area contributed by atoms with E-state index in [0.29, 0.717) is 50.3 Å². The number of anilines is 2. The second-order valence-corrected chi connectivity index (χ2v) is 22.5. The first-order chi connectivity index (χ1) is 30.3. The van der Waals surface area contributed by atoms with Gasteiger partial charge < -0.3 is 35.4 Å². The average Bonchev–Trinajstić information content (AvgIpc) is 3.69. The molecule has 0 saturated heterocycles. The number of benzene rings is 2. The molecule has 348 valence electrons. The molecular formula is C46H56N6O9S4. The molecule has 4 aromatic rings. The van der Waals surface area contributed by atoms with Crippen molar-refractivity contribution >= 4 is 78.3 Å². The highest BCUT2D eigenvalue weighted by atomic mass is 32.2. The summed E-state index contributed by atoms with van der Waals surface area (Å²) >= 11 is 2.84. The number of fused-ring (bicyclic) bond motifs is 2. The smallest absolute Gasteiger partial charge is 0.410 e. The number of aliphatic carboxylic acids is 1. The van der Waals surface area contributed by atoms with Gasteiger partial charge in [-0.1, -0.05) is 24.3 Å². The minimum absolute atomic E-state index is 0.0105. The number of thiophene rings is 2. The molecule has 2 aliphatic heterocycles. The number of nitrogens with zero attached hydrogens (tertiary/aromatic N) is 4. The fourth-order valence-corrected chi connectivity index (χ4v) is 10.2. The Hall–Kier alpha value is -5.60. The van der Waals surface area contributed by atoms with E-state index < -0.39 is 44.9 Å². The Labute approximate surface area is 393 Å². The third kappa shape index (κ3) is 14.7. The van der Waals surface area contributed by atoms with Gasteiger partial charge in [-0.25, -0.2) is 9.59 Å². The summed E-state index contributed by atoms with van der Waals surface area (Å²) in [4.78, 5) is 54.6. The van der Waals surface area contributed by atoms with E-state index in [-0.39, 0.29) is 43.5 Å². The molecule has 19 heteroatoms. The Balaban J connectivity index is 0.000000238. The molecule has 0 aliphatic carbocycles. The molecule has 3 amide bonds. The summed E-state index contributed by atoms with van der Waals surface area (Å²) in [6.45, 7) is 15.6. The first kappa shape index (κ1) is 52.0. The van der Waals surface area contributed by atoms with Gasteiger partial charge in [0.15, 0.2) is 0 Å². The van der Waals surface area contributed by atoms with Gasteiger partial charge in [0.1, 0.15) is 33.3 Å². The van der Waals surface area contributed by atoms with E-state index >= 15 is 0 Å². The van der Waals surface area contributed by atoms with Gasteiger partial charge in [-0.3, -0.25) is 18.0 Å². The van der Waals surface area contributed by atoms with Crippen LogP contribution >= 0.6 is 22.7 Å². The summed E-state index contributed by atoms with van der Waals surface area (Å²) in [6, 6.07) is 18.1. The number of carbonyl (C=O) groups excluding carboxylic acids is 3. The maximum atomic E-state index is 12.6. The third-order valence-corrected chi connectivity index (χ3v) is 14.0. The van der Waals surface area contributed by atoms with Crippen LogP contribution in [0.25, 0.3) is 0 Å². The van der Waals surface area contributed by atoms with E-state index in [1.165, 1.54) is 22.7 Å². The highest BCUT2D eigenvalue weighted by molar-refractivity contribution is 7.84. The number of amides is 3. The topological polar surface area (TPSA) is 233 Å². The van der Waals surface area contributed by atoms with Crippen LogP contribution in [0.1, 0.15) is 98.5 Å². The van der Waals surface area contributed by atoms with Crippen LogP contribution < -0.4 is 11.1 Å². The van der Waals surface area contributed by atoms with E-state index in [1.54, 1.807) is 70.8 Å². The van der Waals surface area contributed by atoms with Gasteiger partial charge in [-0.15, -0.1) is 22.7 Å². The monoisotopic (exact) mass is 964 g/mol. The molecule has 15 nitrogen and oxygen atoms in total. The molecule has 0 bridgehead atoms. The highest BCUT2D eigenvalue weighted by Crippen LogP contribution is 2.39.